The summed E-state index contributed by atoms with van der Waals surface area (Å²) in [5.41, 5.74) is 5.56. The number of aryl methyl sites for hydroxylation is 2. The van der Waals surface area contributed by atoms with Crippen LogP contribution in [0, 0.1) is 17.7 Å². The highest BCUT2D eigenvalue weighted by molar-refractivity contribution is 6.00. The number of hydrogen-bond acceptors (Lipinski definition) is 5. The summed E-state index contributed by atoms with van der Waals surface area (Å²) in [5, 5.41) is 0. The number of hydrogen-bond donors (Lipinski definition) is 0. The first-order valence-corrected chi connectivity index (χ1v) is 15.5. The minimum atomic E-state index is -0.203. The van der Waals surface area contributed by atoms with Gasteiger partial charge >= 0.3 is 0 Å². The number of pyridine rings is 1. The van der Waals surface area contributed by atoms with E-state index in [1.165, 1.54) is 24.1 Å². The first-order chi connectivity index (χ1) is 19.2. The molecule has 2 aromatic rings. The van der Waals surface area contributed by atoms with Crippen LogP contribution in [0.25, 0.3) is 5.57 Å². The molecule has 0 N–H and O–H groups in total. The lowest BCUT2D eigenvalue weighted by atomic mass is 9.92. The summed E-state index contributed by atoms with van der Waals surface area (Å²) in [4.78, 5) is 25.2. The van der Waals surface area contributed by atoms with Crippen LogP contribution in [-0.2, 0) is 12.8 Å². The van der Waals surface area contributed by atoms with Crippen LogP contribution in [0.1, 0.15) is 87.5 Å². The predicted molar refractivity (Wildman–Crippen MR) is 166 cm³/mol. The second-order valence-electron chi connectivity index (χ2n) is 11.9. The minimum Gasteiger partial charge on any atom is -0.367 e. The summed E-state index contributed by atoms with van der Waals surface area (Å²) in [6.07, 6.45) is 5.87. The molecule has 3 heterocycles. The SMILES string of the molecule is C=C(C)c1ccc(N2CCC(CN3CCN(c4cc(C(=O)C(C)CC)c(CC)cc4F)CC3)CC2)nc1CCC. The zero-order chi connectivity index (χ0) is 28.8. The van der Waals surface area contributed by atoms with Crippen LogP contribution in [0.4, 0.5) is 15.9 Å². The van der Waals surface area contributed by atoms with Gasteiger partial charge in [-0.25, -0.2) is 9.37 Å². The van der Waals surface area contributed by atoms with Gasteiger partial charge in [-0.05, 0) is 85.9 Å². The van der Waals surface area contributed by atoms with E-state index >= 15 is 4.39 Å². The summed E-state index contributed by atoms with van der Waals surface area (Å²) in [6.45, 7) is 21.0. The zero-order valence-corrected chi connectivity index (χ0v) is 25.4. The number of aromatic nitrogens is 1. The number of allylic oxidation sites excluding steroid dienone is 1. The lowest BCUT2D eigenvalue weighted by molar-refractivity contribution is 0.0926. The van der Waals surface area contributed by atoms with E-state index in [9.17, 15) is 4.79 Å². The van der Waals surface area contributed by atoms with Gasteiger partial charge in [0.25, 0.3) is 0 Å². The summed E-state index contributed by atoms with van der Waals surface area (Å²) in [6, 6.07) is 7.79. The van der Waals surface area contributed by atoms with Crippen LogP contribution in [0.5, 0.6) is 0 Å². The third-order valence-corrected chi connectivity index (χ3v) is 8.95. The number of ketones is 1. The van der Waals surface area contributed by atoms with Gasteiger partial charge in [-0.1, -0.05) is 40.7 Å². The zero-order valence-electron chi connectivity index (χ0n) is 25.4. The molecule has 40 heavy (non-hydrogen) atoms. The number of benzene rings is 1. The second-order valence-corrected chi connectivity index (χ2v) is 11.9. The fraction of sp³-hybridized carbons (Fsp3) is 0.588. The Hall–Kier alpha value is -2.73. The number of piperidine rings is 1. The fourth-order valence-electron chi connectivity index (χ4n) is 6.18. The standard InChI is InChI=1S/C34H49FN4O/c1-7-10-31-28(24(4)5)11-12-33(36-31)39-15-13-26(14-16-39)23-37-17-19-38(20-18-37)32-22-29(34(40)25(6)8-2)27(9-3)21-30(32)35/h11-12,21-22,25-26H,4,7-10,13-20,23H2,1-3,5-6H3. The number of Topliss-reactive ketones (excluding diaryl/α,β-unsaturated/α-hetero) is 1. The van der Waals surface area contributed by atoms with E-state index in [0.717, 1.165) is 82.0 Å². The second kappa shape index (κ2) is 13.8. The van der Waals surface area contributed by atoms with Crippen LogP contribution in [0.2, 0.25) is 0 Å². The van der Waals surface area contributed by atoms with Crippen molar-refractivity contribution in [3.05, 3.63) is 59.0 Å². The normalized spacial score (nSPS) is 17.8. The van der Waals surface area contributed by atoms with Crippen molar-refractivity contribution in [3.63, 3.8) is 0 Å². The van der Waals surface area contributed by atoms with Gasteiger partial charge in [0.15, 0.2) is 5.78 Å². The average Bonchev–Trinajstić information content (AvgIpc) is 2.97. The Morgan fingerprint density at radius 3 is 2.33 bits per heavy atom. The molecule has 1 aromatic heterocycles. The number of piperazine rings is 1. The largest absolute Gasteiger partial charge is 0.367 e. The van der Waals surface area contributed by atoms with Crippen LogP contribution in [-0.4, -0.2) is 61.5 Å². The molecule has 1 aromatic carbocycles. The van der Waals surface area contributed by atoms with Gasteiger partial charge in [0, 0.05) is 57.3 Å². The maximum atomic E-state index is 15.1. The first-order valence-electron chi connectivity index (χ1n) is 15.5. The monoisotopic (exact) mass is 548 g/mol. The third-order valence-electron chi connectivity index (χ3n) is 8.95. The third kappa shape index (κ3) is 6.94. The van der Waals surface area contributed by atoms with E-state index in [2.05, 4.69) is 47.3 Å². The molecule has 1 unspecified atom stereocenters. The van der Waals surface area contributed by atoms with Gasteiger partial charge in [-0.15, -0.1) is 0 Å². The Bertz CT molecular complexity index is 1180. The number of halogens is 1. The van der Waals surface area contributed by atoms with Crippen molar-refractivity contribution < 1.29 is 9.18 Å². The van der Waals surface area contributed by atoms with E-state index < -0.39 is 0 Å². The fourth-order valence-corrected chi connectivity index (χ4v) is 6.18. The van der Waals surface area contributed by atoms with Gasteiger partial charge in [0.05, 0.1) is 11.4 Å². The van der Waals surface area contributed by atoms with E-state index in [4.69, 9.17) is 4.98 Å². The molecule has 0 bridgehead atoms. The Morgan fingerprint density at radius 2 is 1.73 bits per heavy atom. The van der Waals surface area contributed by atoms with Gasteiger partial charge in [-0.3, -0.25) is 9.69 Å². The molecule has 1 atom stereocenters. The number of carbonyl (C=O) groups is 1. The van der Waals surface area contributed by atoms with Gasteiger partial charge < -0.3 is 9.80 Å². The Labute approximate surface area is 241 Å². The van der Waals surface area contributed by atoms with Crippen molar-refractivity contribution in [1.82, 2.24) is 9.88 Å². The highest BCUT2D eigenvalue weighted by Gasteiger charge is 2.27. The number of nitrogens with zero attached hydrogens (tertiary/aromatic N) is 4. The quantitative estimate of drug-likeness (QED) is 0.282. The van der Waals surface area contributed by atoms with Crippen molar-refractivity contribution in [2.45, 2.75) is 73.1 Å². The summed E-state index contributed by atoms with van der Waals surface area (Å²) in [7, 11) is 0. The van der Waals surface area contributed by atoms with E-state index in [0.29, 0.717) is 23.6 Å². The van der Waals surface area contributed by atoms with Crippen molar-refractivity contribution in [2.75, 3.05) is 55.6 Å². The molecule has 0 saturated carbocycles. The molecule has 0 aliphatic carbocycles. The molecule has 5 nitrogen and oxygen atoms in total. The maximum Gasteiger partial charge on any atom is 0.166 e. The summed E-state index contributed by atoms with van der Waals surface area (Å²) < 4.78 is 15.1. The molecule has 6 heteroatoms. The Morgan fingerprint density at radius 1 is 1.02 bits per heavy atom. The van der Waals surface area contributed by atoms with Crippen molar-refractivity contribution in [3.8, 4) is 0 Å². The van der Waals surface area contributed by atoms with Crippen LogP contribution < -0.4 is 9.80 Å². The summed E-state index contributed by atoms with van der Waals surface area (Å²) in [5.74, 6) is 1.66. The van der Waals surface area contributed by atoms with E-state index in [-0.39, 0.29) is 17.5 Å². The highest BCUT2D eigenvalue weighted by atomic mass is 19.1. The average molecular weight is 549 g/mol. The molecule has 0 spiro atoms. The number of carbonyl (C=O) groups excluding carboxylic acids is 1. The smallest absolute Gasteiger partial charge is 0.166 e. The number of rotatable bonds is 11. The Kier molecular flexibility index (Phi) is 10.4. The molecule has 2 aliphatic heterocycles. The topological polar surface area (TPSA) is 39.7 Å². The summed E-state index contributed by atoms with van der Waals surface area (Å²) >= 11 is 0. The predicted octanol–water partition coefficient (Wildman–Crippen LogP) is 7.04. The Balaban J connectivity index is 1.32. The van der Waals surface area contributed by atoms with Crippen LogP contribution >= 0.6 is 0 Å². The van der Waals surface area contributed by atoms with Gasteiger partial charge in [0.2, 0.25) is 0 Å². The maximum absolute atomic E-state index is 15.1. The molecule has 2 fully saturated rings. The minimum absolute atomic E-state index is 0.0447. The van der Waals surface area contributed by atoms with Gasteiger partial charge in [0.1, 0.15) is 11.6 Å². The highest BCUT2D eigenvalue weighted by Crippen LogP contribution is 2.29. The number of anilines is 2. The molecule has 2 saturated heterocycles. The van der Waals surface area contributed by atoms with Crippen LogP contribution in [0.3, 0.4) is 0 Å². The first kappa shape index (κ1) is 30.2. The molecular formula is C34H49FN4O. The molecule has 0 radical (unpaired) electrons. The van der Waals surface area contributed by atoms with Crippen molar-refractivity contribution in [1.29, 1.82) is 0 Å². The lowest BCUT2D eigenvalue weighted by Crippen LogP contribution is -2.49. The van der Waals surface area contributed by atoms with Crippen molar-refractivity contribution >= 4 is 22.9 Å². The molecule has 4 rings (SSSR count). The van der Waals surface area contributed by atoms with E-state index in [1.54, 1.807) is 6.07 Å². The van der Waals surface area contributed by atoms with Crippen molar-refractivity contribution in [2.24, 2.45) is 11.8 Å². The molecule has 218 valence electrons. The lowest BCUT2D eigenvalue weighted by Gasteiger charge is -2.40. The van der Waals surface area contributed by atoms with Gasteiger partial charge in [-0.2, -0.15) is 0 Å². The van der Waals surface area contributed by atoms with Crippen LogP contribution in [0.15, 0.2) is 30.8 Å². The molecular weight excluding hydrogens is 499 g/mol. The molecule has 0 amide bonds. The molecule has 2 aliphatic rings. The van der Waals surface area contributed by atoms with E-state index in [1.807, 2.05) is 26.8 Å².